The molecule has 98 valence electrons. The lowest BCUT2D eigenvalue weighted by Gasteiger charge is -2.13. The van der Waals surface area contributed by atoms with Crippen molar-refractivity contribution in [2.75, 3.05) is 0 Å². The molecule has 1 aromatic rings. The maximum Gasteiger partial charge on any atom is 0.275 e. The van der Waals surface area contributed by atoms with Gasteiger partial charge in [0.05, 0.1) is 4.92 Å². The maximum absolute atomic E-state index is 11.0. The van der Waals surface area contributed by atoms with Crippen LogP contribution in [0.15, 0.2) is 22.7 Å². The van der Waals surface area contributed by atoms with Crippen molar-refractivity contribution < 1.29 is 4.92 Å². The van der Waals surface area contributed by atoms with Crippen LogP contribution in [-0.4, -0.2) is 11.0 Å². The van der Waals surface area contributed by atoms with Gasteiger partial charge < -0.3 is 5.32 Å². The van der Waals surface area contributed by atoms with Crippen molar-refractivity contribution in [3.8, 4) is 0 Å². The van der Waals surface area contributed by atoms with Gasteiger partial charge in [-0.3, -0.25) is 10.1 Å². The Hall–Kier alpha value is -0.940. The minimum Gasteiger partial charge on any atom is -0.310 e. The van der Waals surface area contributed by atoms with Crippen LogP contribution in [0.4, 0.5) is 5.69 Å². The highest BCUT2D eigenvalue weighted by molar-refractivity contribution is 9.10. The van der Waals surface area contributed by atoms with Gasteiger partial charge in [-0.1, -0.05) is 28.8 Å². The summed E-state index contributed by atoms with van der Waals surface area (Å²) in [4.78, 5) is 10.6. The summed E-state index contributed by atoms with van der Waals surface area (Å²) in [5.41, 5.74) is 0.918. The molecular weight excluding hydrogens is 296 g/mol. The molecule has 1 fully saturated rings. The normalized spacial score (nSPS) is 16.6. The second-order valence-corrected chi connectivity index (χ2v) is 5.91. The highest BCUT2D eigenvalue weighted by atomic mass is 79.9. The van der Waals surface area contributed by atoms with E-state index in [-0.39, 0.29) is 10.6 Å². The number of nitrogens with one attached hydrogen (secondary N) is 1. The summed E-state index contributed by atoms with van der Waals surface area (Å²) in [5.74, 6) is 0.868. The third-order valence-electron chi connectivity index (χ3n) is 3.27. The van der Waals surface area contributed by atoms with E-state index in [2.05, 4.69) is 28.2 Å². The van der Waals surface area contributed by atoms with Crippen molar-refractivity contribution in [2.24, 2.45) is 5.92 Å². The summed E-state index contributed by atoms with van der Waals surface area (Å²) >= 11 is 3.26. The van der Waals surface area contributed by atoms with Crippen LogP contribution >= 0.6 is 15.9 Å². The number of nitro groups is 1. The van der Waals surface area contributed by atoms with Crippen molar-refractivity contribution in [1.82, 2.24) is 5.32 Å². The molecule has 0 heterocycles. The molecule has 0 aliphatic heterocycles. The topological polar surface area (TPSA) is 55.2 Å². The molecular formula is C13H17BrN2O2. The molecule has 1 aliphatic carbocycles. The molecule has 4 nitrogen and oxygen atoms in total. The van der Waals surface area contributed by atoms with Crippen LogP contribution in [0, 0.1) is 16.0 Å². The number of nitro benzene ring substituents is 1. The van der Waals surface area contributed by atoms with E-state index in [1.165, 1.54) is 19.3 Å². The molecule has 0 saturated heterocycles. The quantitative estimate of drug-likeness (QED) is 0.644. The van der Waals surface area contributed by atoms with E-state index in [0.717, 1.165) is 16.0 Å². The first-order valence-corrected chi connectivity index (χ1v) is 7.01. The minimum absolute atomic E-state index is 0.176. The van der Waals surface area contributed by atoms with Crippen molar-refractivity contribution in [3.63, 3.8) is 0 Å². The van der Waals surface area contributed by atoms with E-state index in [4.69, 9.17) is 0 Å². The summed E-state index contributed by atoms with van der Waals surface area (Å²) < 4.78 is 0.740. The fourth-order valence-corrected chi connectivity index (χ4v) is 2.43. The molecule has 1 aromatic carbocycles. The fourth-order valence-electron chi connectivity index (χ4n) is 2.08. The lowest BCUT2D eigenvalue weighted by molar-refractivity contribution is -0.385. The zero-order valence-corrected chi connectivity index (χ0v) is 11.9. The van der Waals surface area contributed by atoms with E-state index >= 15 is 0 Å². The summed E-state index contributed by atoms with van der Waals surface area (Å²) in [7, 11) is 0. The standard InChI is InChI=1S/C13H17BrN2O2/c1-9(6-10-2-3-10)15-8-11-4-5-12(14)7-13(11)16(17)18/h4-5,7,9-10,15H,2-3,6,8H2,1H3. The summed E-state index contributed by atoms with van der Waals surface area (Å²) in [6, 6.07) is 5.62. The Labute approximate surface area is 115 Å². The smallest absolute Gasteiger partial charge is 0.275 e. The Balaban J connectivity index is 1.96. The average molecular weight is 313 g/mol. The third-order valence-corrected chi connectivity index (χ3v) is 3.76. The first kappa shape index (κ1) is 13.5. The highest BCUT2D eigenvalue weighted by Gasteiger charge is 2.23. The predicted octanol–water partition coefficient (Wildman–Crippen LogP) is 3.64. The molecule has 0 radical (unpaired) electrons. The summed E-state index contributed by atoms with van der Waals surface area (Å²) in [6.07, 6.45) is 3.85. The van der Waals surface area contributed by atoms with Crippen molar-refractivity contribution in [3.05, 3.63) is 38.3 Å². The van der Waals surface area contributed by atoms with E-state index in [9.17, 15) is 10.1 Å². The van der Waals surface area contributed by atoms with Crippen LogP contribution in [-0.2, 0) is 6.54 Å². The van der Waals surface area contributed by atoms with Gasteiger partial charge in [-0.05, 0) is 31.4 Å². The second-order valence-electron chi connectivity index (χ2n) is 4.99. The number of hydrogen-bond donors (Lipinski definition) is 1. The Morgan fingerprint density at radius 3 is 2.89 bits per heavy atom. The zero-order chi connectivity index (χ0) is 13.1. The lowest BCUT2D eigenvalue weighted by Crippen LogP contribution is -2.26. The van der Waals surface area contributed by atoms with Crippen molar-refractivity contribution in [1.29, 1.82) is 0 Å². The van der Waals surface area contributed by atoms with Crippen LogP contribution in [0.1, 0.15) is 31.7 Å². The lowest BCUT2D eigenvalue weighted by atomic mass is 10.1. The van der Waals surface area contributed by atoms with Gasteiger partial charge in [0.1, 0.15) is 0 Å². The van der Waals surface area contributed by atoms with Crippen molar-refractivity contribution >= 4 is 21.6 Å². The van der Waals surface area contributed by atoms with E-state index in [1.807, 2.05) is 6.07 Å². The molecule has 18 heavy (non-hydrogen) atoms. The van der Waals surface area contributed by atoms with Gasteiger partial charge in [0.15, 0.2) is 0 Å². The largest absolute Gasteiger partial charge is 0.310 e. The Bertz CT molecular complexity index is 447. The first-order valence-electron chi connectivity index (χ1n) is 6.22. The maximum atomic E-state index is 11.0. The monoisotopic (exact) mass is 312 g/mol. The van der Waals surface area contributed by atoms with E-state index in [1.54, 1.807) is 12.1 Å². The predicted molar refractivity (Wildman–Crippen MR) is 74.4 cm³/mol. The van der Waals surface area contributed by atoms with Crippen LogP contribution in [0.2, 0.25) is 0 Å². The molecule has 1 unspecified atom stereocenters. The van der Waals surface area contributed by atoms with E-state index in [0.29, 0.717) is 12.6 Å². The molecule has 0 spiro atoms. The molecule has 1 N–H and O–H groups in total. The van der Waals surface area contributed by atoms with Crippen LogP contribution in [0.5, 0.6) is 0 Å². The van der Waals surface area contributed by atoms with Gasteiger partial charge in [-0.25, -0.2) is 0 Å². The Morgan fingerprint density at radius 2 is 2.28 bits per heavy atom. The van der Waals surface area contributed by atoms with Gasteiger partial charge in [0, 0.05) is 28.7 Å². The first-order chi connectivity index (χ1) is 8.56. The van der Waals surface area contributed by atoms with Crippen molar-refractivity contribution in [2.45, 2.75) is 38.8 Å². The van der Waals surface area contributed by atoms with E-state index < -0.39 is 0 Å². The van der Waals surface area contributed by atoms with Gasteiger partial charge in [-0.15, -0.1) is 0 Å². The highest BCUT2D eigenvalue weighted by Crippen LogP contribution is 2.33. The van der Waals surface area contributed by atoms with Crippen LogP contribution < -0.4 is 5.32 Å². The molecule has 0 bridgehead atoms. The molecule has 5 heteroatoms. The van der Waals surface area contributed by atoms with Crippen LogP contribution in [0.3, 0.4) is 0 Å². The molecule has 0 aromatic heterocycles. The average Bonchev–Trinajstić information content (AvgIpc) is 3.11. The summed E-state index contributed by atoms with van der Waals surface area (Å²) in [5, 5.41) is 14.3. The molecule has 1 saturated carbocycles. The van der Waals surface area contributed by atoms with Crippen LogP contribution in [0.25, 0.3) is 0 Å². The number of rotatable bonds is 6. The van der Waals surface area contributed by atoms with Gasteiger partial charge in [0.25, 0.3) is 5.69 Å². The number of hydrogen-bond acceptors (Lipinski definition) is 3. The molecule has 1 aliphatic rings. The van der Waals surface area contributed by atoms with Gasteiger partial charge in [0.2, 0.25) is 0 Å². The van der Waals surface area contributed by atoms with Gasteiger partial charge in [-0.2, -0.15) is 0 Å². The number of halogens is 1. The Morgan fingerprint density at radius 1 is 1.56 bits per heavy atom. The molecule has 0 amide bonds. The molecule has 2 rings (SSSR count). The fraction of sp³-hybridized carbons (Fsp3) is 0.538. The van der Waals surface area contributed by atoms with Gasteiger partial charge >= 0.3 is 0 Å². The SMILES string of the molecule is CC(CC1CC1)NCc1ccc(Br)cc1[N+](=O)[O-]. The zero-order valence-electron chi connectivity index (χ0n) is 10.4. The summed E-state index contributed by atoms with van der Waals surface area (Å²) in [6.45, 7) is 2.69. The Kier molecular flexibility index (Phi) is 4.35. The molecule has 1 atom stereocenters. The number of benzene rings is 1. The third kappa shape index (κ3) is 3.78. The minimum atomic E-state index is -0.326. The second kappa shape index (κ2) is 5.80. The number of nitrogens with zero attached hydrogens (tertiary/aromatic N) is 1.